The minimum Gasteiger partial charge on any atom is -0.374 e. The molecular weight excluding hydrogens is 186 g/mol. The SMILES string of the molecule is CN(CCCN)c1ccnc2c1CCC2. The van der Waals surface area contributed by atoms with Crippen molar-refractivity contribution < 1.29 is 0 Å². The summed E-state index contributed by atoms with van der Waals surface area (Å²) in [6, 6.07) is 2.13. The van der Waals surface area contributed by atoms with Crippen LogP contribution in [0.15, 0.2) is 12.3 Å². The molecule has 15 heavy (non-hydrogen) atoms. The van der Waals surface area contributed by atoms with Gasteiger partial charge in [-0.1, -0.05) is 0 Å². The second-order valence-corrected chi connectivity index (χ2v) is 4.17. The molecule has 1 aliphatic carbocycles. The van der Waals surface area contributed by atoms with Crippen LogP contribution in [0.25, 0.3) is 0 Å². The van der Waals surface area contributed by atoms with Crippen molar-refractivity contribution in [1.82, 2.24) is 4.98 Å². The van der Waals surface area contributed by atoms with Gasteiger partial charge in [-0.2, -0.15) is 0 Å². The van der Waals surface area contributed by atoms with Gasteiger partial charge in [-0.3, -0.25) is 4.98 Å². The summed E-state index contributed by atoms with van der Waals surface area (Å²) in [7, 11) is 2.14. The molecule has 0 spiro atoms. The average molecular weight is 205 g/mol. The van der Waals surface area contributed by atoms with E-state index in [4.69, 9.17) is 5.73 Å². The van der Waals surface area contributed by atoms with Gasteiger partial charge in [0.25, 0.3) is 0 Å². The Morgan fingerprint density at radius 2 is 2.33 bits per heavy atom. The molecule has 2 rings (SSSR count). The lowest BCUT2D eigenvalue weighted by molar-refractivity contribution is 0.791. The Morgan fingerprint density at radius 1 is 1.47 bits per heavy atom. The molecular formula is C12H19N3. The molecule has 1 aliphatic rings. The Morgan fingerprint density at radius 3 is 3.13 bits per heavy atom. The second kappa shape index (κ2) is 4.62. The fourth-order valence-corrected chi connectivity index (χ4v) is 2.25. The molecule has 0 atom stereocenters. The van der Waals surface area contributed by atoms with Crippen LogP contribution in [0.1, 0.15) is 24.1 Å². The van der Waals surface area contributed by atoms with E-state index in [1.165, 1.54) is 29.8 Å². The third kappa shape index (κ3) is 2.12. The zero-order valence-corrected chi connectivity index (χ0v) is 9.37. The quantitative estimate of drug-likeness (QED) is 0.807. The first kappa shape index (κ1) is 10.4. The molecule has 82 valence electrons. The monoisotopic (exact) mass is 205 g/mol. The van der Waals surface area contributed by atoms with Gasteiger partial charge in [0.2, 0.25) is 0 Å². The molecule has 2 N–H and O–H groups in total. The van der Waals surface area contributed by atoms with Crippen molar-refractivity contribution >= 4 is 5.69 Å². The maximum atomic E-state index is 5.53. The molecule has 0 bridgehead atoms. The van der Waals surface area contributed by atoms with E-state index in [9.17, 15) is 0 Å². The first-order valence-electron chi connectivity index (χ1n) is 5.71. The van der Waals surface area contributed by atoms with Crippen LogP contribution >= 0.6 is 0 Å². The molecule has 0 fully saturated rings. The van der Waals surface area contributed by atoms with Gasteiger partial charge in [0.15, 0.2) is 0 Å². The van der Waals surface area contributed by atoms with Crippen molar-refractivity contribution in [3.8, 4) is 0 Å². The number of nitrogens with zero attached hydrogens (tertiary/aromatic N) is 2. The van der Waals surface area contributed by atoms with Gasteiger partial charge in [-0.05, 0) is 43.9 Å². The fourth-order valence-electron chi connectivity index (χ4n) is 2.25. The Bertz CT molecular complexity index is 336. The highest BCUT2D eigenvalue weighted by Gasteiger charge is 2.17. The average Bonchev–Trinajstić information content (AvgIpc) is 2.73. The number of anilines is 1. The third-order valence-electron chi connectivity index (χ3n) is 3.07. The van der Waals surface area contributed by atoms with E-state index in [1.807, 2.05) is 6.20 Å². The van der Waals surface area contributed by atoms with Crippen molar-refractivity contribution in [2.75, 3.05) is 25.0 Å². The Labute approximate surface area is 91.3 Å². The van der Waals surface area contributed by atoms with E-state index in [-0.39, 0.29) is 0 Å². The van der Waals surface area contributed by atoms with Gasteiger partial charge < -0.3 is 10.6 Å². The number of rotatable bonds is 4. The lowest BCUT2D eigenvalue weighted by Crippen LogP contribution is -2.22. The molecule has 3 nitrogen and oxygen atoms in total. The minimum absolute atomic E-state index is 0.762. The van der Waals surface area contributed by atoms with E-state index >= 15 is 0 Å². The van der Waals surface area contributed by atoms with Crippen LogP contribution < -0.4 is 10.6 Å². The first-order valence-corrected chi connectivity index (χ1v) is 5.71. The molecule has 0 saturated heterocycles. The third-order valence-corrected chi connectivity index (χ3v) is 3.07. The summed E-state index contributed by atoms with van der Waals surface area (Å²) >= 11 is 0. The van der Waals surface area contributed by atoms with Gasteiger partial charge in [-0.25, -0.2) is 0 Å². The smallest absolute Gasteiger partial charge is 0.0456 e. The number of fused-ring (bicyclic) bond motifs is 1. The normalized spacial score (nSPS) is 14.0. The highest BCUT2D eigenvalue weighted by molar-refractivity contribution is 5.55. The molecule has 1 aromatic rings. The highest BCUT2D eigenvalue weighted by Crippen LogP contribution is 2.28. The molecule has 0 unspecified atom stereocenters. The van der Waals surface area contributed by atoms with Crippen molar-refractivity contribution in [3.05, 3.63) is 23.5 Å². The van der Waals surface area contributed by atoms with E-state index in [1.54, 1.807) is 0 Å². The molecule has 0 aliphatic heterocycles. The molecule has 0 saturated carbocycles. The summed E-state index contributed by atoms with van der Waals surface area (Å²) in [5.74, 6) is 0. The van der Waals surface area contributed by atoms with Crippen LogP contribution in [0.4, 0.5) is 5.69 Å². The van der Waals surface area contributed by atoms with Crippen molar-refractivity contribution in [1.29, 1.82) is 0 Å². The highest BCUT2D eigenvalue weighted by atomic mass is 15.1. The number of aryl methyl sites for hydroxylation is 1. The van der Waals surface area contributed by atoms with E-state index in [2.05, 4.69) is 23.0 Å². The minimum atomic E-state index is 0.762. The zero-order valence-electron chi connectivity index (χ0n) is 9.37. The van der Waals surface area contributed by atoms with Gasteiger partial charge in [0, 0.05) is 31.2 Å². The summed E-state index contributed by atoms with van der Waals surface area (Å²) < 4.78 is 0. The Hall–Kier alpha value is -1.09. The van der Waals surface area contributed by atoms with Crippen LogP contribution in [-0.2, 0) is 12.8 Å². The summed E-state index contributed by atoms with van der Waals surface area (Å²) in [6.45, 7) is 1.80. The Kier molecular flexibility index (Phi) is 3.21. The van der Waals surface area contributed by atoms with E-state index < -0.39 is 0 Å². The topological polar surface area (TPSA) is 42.1 Å². The standard InChI is InChI=1S/C12H19N3/c1-15(9-3-7-13)12-6-8-14-11-5-2-4-10(11)12/h6,8H,2-5,7,9,13H2,1H3. The van der Waals surface area contributed by atoms with Crippen molar-refractivity contribution in [3.63, 3.8) is 0 Å². The summed E-state index contributed by atoms with van der Waals surface area (Å²) in [5.41, 5.74) is 9.64. The fraction of sp³-hybridized carbons (Fsp3) is 0.583. The summed E-state index contributed by atoms with van der Waals surface area (Å²) in [4.78, 5) is 6.74. The predicted octanol–water partition coefficient (Wildman–Crippen LogP) is 1.36. The number of hydrogen-bond donors (Lipinski definition) is 1. The number of pyridine rings is 1. The first-order chi connectivity index (χ1) is 7.33. The van der Waals surface area contributed by atoms with Crippen LogP contribution in [0.5, 0.6) is 0 Å². The summed E-state index contributed by atoms with van der Waals surface area (Å²) in [6.07, 6.45) is 6.56. The molecule has 0 amide bonds. The van der Waals surface area contributed by atoms with Crippen LogP contribution in [0.3, 0.4) is 0 Å². The molecule has 0 aromatic carbocycles. The van der Waals surface area contributed by atoms with Crippen LogP contribution in [-0.4, -0.2) is 25.1 Å². The van der Waals surface area contributed by atoms with Gasteiger partial charge in [0.1, 0.15) is 0 Å². The summed E-state index contributed by atoms with van der Waals surface area (Å²) in [5, 5.41) is 0. The predicted molar refractivity (Wildman–Crippen MR) is 63.2 cm³/mol. The van der Waals surface area contributed by atoms with E-state index in [0.29, 0.717) is 0 Å². The number of hydrogen-bond acceptors (Lipinski definition) is 3. The number of aromatic nitrogens is 1. The van der Waals surface area contributed by atoms with E-state index in [0.717, 1.165) is 25.9 Å². The molecule has 3 heteroatoms. The van der Waals surface area contributed by atoms with Crippen LogP contribution in [0.2, 0.25) is 0 Å². The van der Waals surface area contributed by atoms with Gasteiger partial charge in [0.05, 0.1) is 0 Å². The van der Waals surface area contributed by atoms with Crippen molar-refractivity contribution in [2.24, 2.45) is 5.73 Å². The lowest BCUT2D eigenvalue weighted by Gasteiger charge is -2.21. The van der Waals surface area contributed by atoms with Crippen molar-refractivity contribution in [2.45, 2.75) is 25.7 Å². The number of nitrogens with two attached hydrogens (primary N) is 1. The largest absolute Gasteiger partial charge is 0.374 e. The molecule has 0 radical (unpaired) electrons. The van der Waals surface area contributed by atoms with Gasteiger partial charge in [-0.15, -0.1) is 0 Å². The van der Waals surface area contributed by atoms with Crippen LogP contribution in [0, 0.1) is 0 Å². The van der Waals surface area contributed by atoms with Gasteiger partial charge >= 0.3 is 0 Å². The molecule has 1 heterocycles. The zero-order chi connectivity index (χ0) is 10.7. The second-order valence-electron chi connectivity index (χ2n) is 4.17. The maximum Gasteiger partial charge on any atom is 0.0456 e. The molecule has 1 aromatic heterocycles. The Balaban J connectivity index is 2.17. The lowest BCUT2D eigenvalue weighted by atomic mass is 10.1. The maximum absolute atomic E-state index is 5.53.